The zero-order valence-corrected chi connectivity index (χ0v) is 15.8. The summed E-state index contributed by atoms with van der Waals surface area (Å²) in [6.07, 6.45) is 0. The Hall–Kier alpha value is -1.93. The normalized spacial score (nSPS) is 11.2. The van der Waals surface area contributed by atoms with Crippen LogP contribution in [-0.4, -0.2) is 29.1 Å². The molecule has 3 rings (SSSR count). The Morgan fingerprint density at radius 1 is 1.29 bits per heavy atom. The number of carbonyl (C=O) groups is 1. The molecule has 3 heterocycles. The second-order valence-electron chi connectivity index (χ2n) is 5.43. The van der Waals surface area contributed by atoms with Crippen molar-refractivity contribution in [3.8, 4) is 0 Å². The van der Waals surface area contributed by atoms with Gasteiger partial charge >= 0.3 is 0 Å². The molecule has 0 unspecified atom stereocenters. The SMILES string of the molecule is CCN(CC)c1nc2sc(C(=O)NCc3c(C)noc3C)cc2s1. The van der Waals surface area contributed by atoms with Gasteiger partial charge in [0, 0.05) is 25.2 Å². The molecule has 0 saturated carbocycles. The standard InChI is InChI=1S/C16H20N4O2S2/c1-5-20(6-2)16-18-15-13(24-16)7-12(23-15)14(21)17-8-11-9(3)19-22-10(11)4/h7H,5-6,8H2,1-4H3,(H,17,21). The summed E-state index contributed by atoms with van der Waals surface area (Å²) in [6, 6.07) is 1.92. The lowest BCUT2D eigenvalue weighted by Gasteiger charge is -2.16. The number of anilines is 1. The van der Waals surface area contributed by atoms with E-state index in [2.05, 4.69) is 34.2 Å². The number of amides is 1. The average Bonchev–Trinajstić information content (AvgIpc) is 3.21. The van der Waals surface area contributed by atoms with Crippen molar-refractivity contribution in [2.24, 2.45) is 0 Å². The Morgan fingerprint density at radius 3 is 2.62 bits per heavy atom. The summed E-state index contributed by atoms with van der Waals surface area (Å²) in [5.74, 6) is 0.653. The van der Waals surface area contributed by atoms with E-state index >= 15 is 0 Å². The van der Waals surface area contributed by atoms with Crippen LogP contribution in [0.2, 0.25) is 0 Å². The molecule has 0 fully saturated rings. The summed E-state index contributed by atoms with van der Waals surface area (Å²) < 4.78 is 6.17. The van der Waals surface area contributed by atoms with Crippen molar-refractivity contribution in [1.29, 1.82) is 0 Å². The first kappa shape index (κ1) is 16.9. The Balaban J connectivity index is 1.72. The topological polar surface area (TPSA) is 71.3 Å². The van der Waals surface area contributed by atoms with Crippen molar-refractivity contribution in [2.45, 2.75) is 34.2 Å². The van der Waals surface area contributed by atoms with Gasteiger partial charge in [-0.2, -0.15) is 0 Å². The van der Waals surface area contributed by atoms with E-state index in [4.69, 9.17) is 4.52 Å². The molecule has 3 aromatic heterocycles. The number of nitrogens with one attached hydrogen (secondary N) is 1. The van der Waals surface area contributed by atoms with Crippen molar-refractivity contribution in [1.82, 2.24) is 15.5 Å². The van der Waals surface area contributed by atoms with E-state index in [0.29, 0.717) is 11.4 Å². The molecule has 1 N–H and O–H groups in total. The molecule has 0 aliphatic rings. The number of aromatic nitrogens is 2. The maximum Gasteiger partial charge on any atom is 0.261 e. The minimum Gasteiger partial charge on any atom is -0.361 e. The van der Waals surface area contributed by atoms with Crippen molar-refractivity contribution in [3.63, 3.8) is 0 Å². The van der Waals surface area contributed by atoms with E-state index in [1.807, 2.05) is 19.9 Å². The lowest BCUT2D eigenvalue weighted by atomic mass is 10.2. The second-order valence-corrected chi connectivity index (χ2v) is 7.47. The van der Waals surface area contributed by atoms with Crippen LogP contribution in [0, 0.1) is 13.8 Å². The summed E-state index contributed by atoms with van der Waals surface area (Å²) in [5.41, 5.74) is 1.74. The molecule has 0 aromatic carbocycles. The highest BCUT2D eigenvalue weighted by Gasteiger charge is 2.17. The van der Waals surface area contributed by atoms with Gasteiger partial charge in [-0.05, 0) is 33.8 Å². The van der Waals surface area contributed by atoms with Gasteiger partial charge in [-0.25, -0.2) is 4.98 Å². The van der Waals surface area contributed by atoms with Crippen LogP contribution in [0.4, 0.5) is 5.13 Å². The van der Waals surface area contributed by atoms with Gasteiger partial charge < -0.3 is 14.7 Å². The molecule has 0 aliphatic heterocycles. The third-order valence-electron chi connectivity index (χ3n) is 3.94. The number of hydrogen-bond donors (Lipinski definition) is 1. The molecule has 24 heavy (non-hydrogen) atoms. The van der Waals surface area contributed by atoms with Crippen LogP contribution in [0.15, 0.2) is 10.6 Å². The maximum absolute atomic E-state index is 12.4. The lowest BCUT2D eigenvalue weighted by Crippen LogP contribution is -2.22. The zero-order chi connectivity index (χ0) is 17.3. The first-order valence-electron chi connectivity index (χ1n) is 7.88. The minimum absolute atomic E-state index is 0.0883. The molecule has 0 atom stereocenters. The van der Waals surface area contributed by atoms with E-state index < -0.39 is 0 Å². The number of aryl methyl sites for hydroxylation is 2. The smallest absolute Gasteiger partial charge is 0.261 e. The second kappa shape index (κ2) is 6.90. The molecule has 0 saturated heterocycles. The van der Waals surface area contributed by atoms with E-state index in [1.54, 1.807) is 11.3 Å². The Kier molecular flexibility index (Phi) is 4.86. The Labute approximate surface area is 148 Å². The summed E-state index contributed by atoms with van der Waals surface area (Å²) >= 11 is 3.07. The summed E-state index contributed by atoms with van der Waals surface area (Å²) in [5, 5.41) is 7.85. The zero-order valence-electron chi connectivity index (χ0n) is 14.2. The van der Waals surface area contributed by atoms with Gasteiger partial charge in [0.25, 0.3) is 5.91 Å². The predicted molar refractivity (Wildman–Crippen MR) is 98.2 cm³/mol. The van der Waals surface area contributed by atoms with Crippen molar-refractivity contribution < 1.29 is 9.32 Å². The monoisotopic (exact) mass is 364 g/mol. The van der Waals surface area contributed by atoms with Crippen LogP contribution in [0.1, 0.15) is 40.5 Å². The highest BCUT2D eigenvalue weighted by Crippen LogP contribution is 2.34. The number of thiophene rings is 1. The summed E-state index contributed by atoms with van der Waals surface area (Å²) in [4.78, 5) is 20.8. The van der Waals surface area contributed by atoms with Gasteiger partial charge in [0.2, 0.25) is 0 Å². The average molecular weight is 364 g/mol. The fourth-order valence-corrected chi connectivity index (χ4v) is 4.73. The quantitative estimate of drug-likeness (QED) is 0.721. The van der Waals surface area contributed by atoms with Crippen molar-refractivity contribution in [2.75, 3.05) is 18.0 Å². The lowest BCUT2D eigenvalue weighted by molar-refractivity contribution is 0.0955. The molecule has 0 spiro atoms. The third kappa shape index (κ3) is 3.16. The number of thiazole rings is 1. The number of fused-ring (bicyclic) bond motifs is 1. The fraction of sp³-hybridized carbons (Fsp3) is 0.438. The molecule has 6 nitrogen and oxygen atoms in total. The molecule has 3 aromatic rings. The van der Waals surface area contributed by atoms with Gasteiger partial charge in [-0.3, -0.25) is 4.79 Å². The van der Waals surface area contributed by atoms with E-state index in [1.165, 1.54) is 11.3 Å². The van der Waals surface area contributed by atoms with Gasteiger partial charge in [0.1, 0.15) is 10.6 Å². The highest BCUT2D eigenvalue weighted by molar-refractivity contribution is 7.29. The molecule has 8 heteroatoms. The number of hydrogen-bond acceptors (Lipinski definition) is 7. The van der Waals surface area contributed by atoms with Crippen LogP contribution in [0.25, 0.3) is 9.53 Å². The van der Waals surface area contributed by atoms with Gasteiger partial charge in [0.05, 0.1) is 15.3 Å². The first-order valence-corrected chi connectivity index (χ1v) is 9.52. The van der Waals surface area contributed by atoms with Crippen molar-refractivity contribution in [3.05, 3.63) is 28.0 Å². The van der Waals surface area contributed by atoms with Gasteiger partial charge in [-0.1, -0.05) is 16.5 Å². The summed E-state index contributed by atoms with van der Waals surface area (Å²) in [6.45, 7) is 10.2. The molecule has 1 amide bonds. The van der Waals surface area contributed by atoms with Crippen LogP contribution in [0.3, 0.4) is 0 Å². The molecule has 0 aliphatic carbocycles. The molecule has 0 bridgehead atoms. The van der Waals surface area contributed by atoms with Crippen LogP contribution >= 0.6 is 22.7 Å². The highest BCUT2D eigenvalue weighted by atomic mass is 32.1. The molecule has 128 valence electrons. The largest absolute Gasteiger partial charge is 0.361 e. The van der Waals surface area contributed by atoms with E-state index in [-0.39, 0.29) is 5.91 Å². The minimum atomic E-state index is -0.0883. The van der Waals surface area contributed by atoms with E-state index in [9.17, 15) is 4.79 Å². The number of rotatable bonds is 6. The molecular formula is C16H20N4O2S2. The number of nitrogens with zero attached hydrogens (tertiary/aromatic N) is 3. The first-order chi connectivity index (χ1) is 11.5. The maximum atomic E-state index is 12.4. The Bertz CT molecular complexity index is 810. The Morgan fingerprint density at radius 2 is 2.04 bits per heavy atom. The van der Waals surface area contributed by atoms with Crippen molar-refractivity contribution >= 4 is 43.2 Å². The fourth-order valence-electron chi connectivity index (χ4n) is 2.48. The van der Waals surface area contributed by atoms with Gasteiger partial charge in [0.15, 0.2) is 5.13 Å². The van der Waals surface area contributed by atoms with Crippen LogP contribution in [-0.2, 0) is 6.54 Å². The van der Waals surface area contributed by atoms with E-state index in [0.717, 1.165) is 44.8 Å². The summed E-state index contributed by atoms with van der Waals surface area (Å²) in [7, 11) is 0. The van der Waals surface area contributed by atoms with Crippen LogP contribution in [0.5, 0.6) is 0 Å². The number of carbonyl (C=O) groups excluding carboxylic acids is 1. The molecular weight excluding hydrogens is 344 g/mol. The predicted octanol–water partition coefficient (Wildman–Crippen LogP) is 3.74. The molecule has 0 radical (unpaired) electrons. The van der Waals surface area contributed by atoms with Gasteiger partial charge in [-0.15, -0.1) is 11.3 Å². The van der Waals surface area contributed by atoms with Crippen LogP contribution < -0.4 is 10.2 Å². The third-order valence-corrected chi connectivity index (χ3v) is 6.16.